The Hall–Kier alpha value is -1.90. The molecule has 2 unspecified atom stereocenters. The van der Waals surface area contributed by atoms with E-state index >= 15 is 0 Å². The molecule has 1 aromatic carbocycles. The van der Waals surface area contributed by atoms with Crippen molar-refractivity contribution in [2.75, 3.05) is 27.4 Å². The standard InChI is InChI=1S/C17H23N3O4S/c1-11-9-23-12(2)8-19(11)10-20-17(25)24-16(18-20)13-5-14(21-3)7-15(6-13)22-4/h5-7,11-12H,8-10H2,1-4H3. The minimum atomic E-state index is 0.194. The molecule has 0 aliphatic carbocycles. The lowest BCUT2D eigenvalue weighted by Gasteiger charge is -2.36. The number of hydrogen-bond donors (Lipinski definition) is 0. The number of aromatic nitrogens is 2. The summed E-state index contributed by atoms with van der Waals surface area (Å²) in [6.07, 6.45) is 0.194. The molecule has 1 aliphatic heterocycles. The van der Waals surface area contributed by atoms with Gasteiger partial charge in [-0.1, -0.05) is 0 Å². The first-order chi connectivity index (χ1) is 12.0. The summed E-state index contributed by atoms with van der Waals surface area (Å²) in [5, 5.41) is 4.54. The molecular formula is C17H23N3O4S. The van der Waals surface area contributed by atoms with E-state index in [1.807, 2.05) is 12.1 Å². The van der Waals surface area contributed by atoms with Gasteiger partial charge >= 0.3 is 0 Å². The molecule has 2 aromatic rings. The van der Waals surface area contributed by atoms with Crippen molar-refractivity contribution in [1.29, 1.82) is 0 Å². The third kappa shape index (κ3) is 4.02. The van der Waals surface area contributed by atoms with Gasteiger partial charge in [0, 0.05) is 24.2 Å². The number of methoxy groups -OCH3 is 2. The van der Waals surface area contributed by atoms with E-state index in [1.165, 1.54) is 0 Å². The van der Waals surface area contributed by atoms with Crippen LogP contribution >= 0.6 is 12.2 Å². The predicted molar refractivity (Wildman–Crippen MR) is 95.4 cm³/mol. The quantitative estimate of drug-likeness (QED) is 0.755. The van der Waals surface area contributed by atoms with Crippen LogP contribution < -0.4 is 9.47 Å². The average molecular weight is 365 g/mol. The first-order valence-electron chi connectivity index (χ1n) is 8.17. The summed E-state index contributed by atoms with van der Waals surface area (Å²) in [5.41, 5.74) is 0.754. The smallest absolute Gasteiger partial charge is 0.288 e. The van der Waals surface area contributed by atoms with Crippen molar-refractivity contribution in [3.8, 4) is 23.0 Å². The summed E-state index contributed by atoms with van der Waals surface area (Å²) in [6.45, 7) is 6.29. The number of nitrogens with zero attached hydrogens (tertiary/aromatic N) is 3. The van der Waals surface area contributed by atoms with Crippen LogP contribution in [0.4, 0.5) is 0 Å². The van der Waals surface area contributed by atoms with Crippen molar-refractivity contribution in [3.63, 3.8) is 0 Å². The second kappa shape index (κ2) is 7.55. The summed E-state index contributed by atoms with van der Waals surface area (Å²) >= 11 is 5.35. The lowest BCUT2D eigenvalue weighted by atomic mass is 10.2. The molecule has 0 bridgehead atoms. The highest BCUT2D eigenvalue weighted by Gasteiger charge is 2.24. The van der Waals surface area contributed by atoms with Gasteiger partial charge in [-0.2, -0.15) is 0 Å². The van der Waals surface area contributed by atoms with Crippen molar-refractivity contribution in [2.45, 2.75) is 32.7 Å². The molecule has 1 aliphatic rings. The third-order valence-electron chi connectivity index (χ3n) is 4.26. The van der Waals surface area contributed by atoms with Gasteiger partial charge in [-0.3, -0.25) is 4.90 Å². The molecule has 0 amide bonds. The summed E-state index contributed by atoms with van der Waals surface area (Å²) < 4.78 is 23.7. The van der Waals surface area contributed by atoms with E-state index in [-0.39, 0.29) is 6.10 Å². The van der Waals surface area contributed by atoms with Crippen LogP contribution in [0.1, 0.15) is 13.8 Å². The van der Waals surface area contributed by atoms with Crippen molar-refractivity contribution < 1.29 is 18.6 Å². The summed E-state index contributed by atoms with van der Waals surface area (Å²) in [4.78, 5) is 2.62. The van der Waals surface area contributed by atoms with Crippen LogP contribution in [0.15, 0.2) is 22.6 Å². The molecule has 25 heavy (non-hydrogen) atoms. The van der Waals surface area contributed by atoms with Crippen molar-refractivity contribution >= 4 is 12.2 Å². The number of rotatable bonds is 5. The number of ether oxygens (including phenoxy) is 3. The SMILES string of the molecule is COc1cc(OC)cc(-c2nn(CN3CC(C)OCC3C)c(=S)o2)c1. The monoisotopic (exact) mass is 365 g/mol. The number of hydrogen-bond acceptors (Lipinski definition) is 7. The van der Waals surface area contributed by atoms with Crippen LogP contribution in [0.25, 0.3) is 11.5 Å². The molecule has 1 fully saturated rings. The summed E-state index contributed by atoms with van der Waals surface area (Å²) in [7, 11) is 3.21. The van der Waals surface area contributed by atoms with Crippen LogP contribution in [-0.2, 0) is 11.4 Å². The summed E-state index contributed by atoms with van der Waals surface area (Å²) in [6, 6.07) is 5.78. The highest BCUT2D eigenvalue weighted by molar-refractivity contribution is 7.71. The molecule has 1 saturated heterocycles. The van der Waals surface area contributed by atoms with Crippen LogP contribution in [-0.4, -0.2) is 54.2 Å². The molecule has 2 heterocycles. The van der Waals surface area contributed by atoms with E-state index in [9.17, 15) is 0 Å². The molecule has 0 N–H and O–H groups in total. The fraction of sp³-hybridized carbons (Fsp3) is 0.529. The predicted octanol–water partition coefficient (Wildman–Crippen LogP) is 2.96. The highest BCUT2D eigenvalue weighted by Crippen LogP contribution is 2.29. The van der Waals surface area contributed by atoms with Crippen LogP contribution in [0.2, 0.25) is 0 Å². The molecule has 1 aromatic heterocycles. The van der Waals surface area contributed by atoms with Gasteiger partial charge in [-0.05, 0) is 38.2 Å². The van der Waals surface area contributed by atoms with Gasteiger partial charge in [0.15, 0.2) is 0 Å². The molecule has 2 atom stereocenters. The van der Waals surface area contributed by atoms with Gasteiger partial charge in [-0.15, -0.1) is 5.10 Å². The Kier molecular flexibility index (Phi) is 5.41. The Morgan fingerprint density at radius 1 is 1.20 bits per heavy atom. The van der Waals surface area contributed by atoms with E-state index < -0.39 is 0 Å². The Labute approximate surface area is 152 Å². The number of morpholine rings is 1. The van der Waals surface area contributed by atoms with Crippen LogP contribution in [0.3, 0.4) is 0 Å². The molecule has 0 spiro atoms. The second-order valence-corrected chi connectivity index (χ2v) is 6.53. The molecule has 3 rings (SSSR count). The van der Waals surface area contributed by atoms with E-state index in [0.29, 0.717) is 41.5 Å². The van der Waals surface area contributed by atoms with Gasteiger partial charge in [0.1, 0.15) is 11.5 Å². The summed E-state index contributed by atoms with van der Waals surface area (Å²) in [5.74, 6) is 1.78. The van der Waals surface area contributed by atoms with Crippen molar-refractivity contribution in [1.82, 2.24) is 14.7 Å². The molecule has 7 nitrogen and oxygen atoms in total. The van der Waals surface area contributed by atoms with Gasteiger partial charge in [-0.25, -0.2) is 4.68 Å². The Bertz CT molecular complexity index is 766. The Morgan fingerprint density at radius 3 is 2.52 bits per heavy atom. The normalized spacial score (nSPS) is 21.3. The zero-order valence-electron chi connectivity index (χ0n) is 14.9. The molecular weight excluding hydrogens is 342 g/mol. The lowest BCUT2D eigenvalue weighted by Crippen LogP contribution is -2.47. The van der Waals surface area contributed by atoms with E-state index in [4.69, 9.17) is 30.8 Å². The fourth-order valence-corrected chi connectivity index (χ4v) is 2.96. The largest absolute Gasteiger partial charge is 0.497 e. The Morgan fingerprint density at radius 2 is 1.88 bits per heavy atom. The molecule has 0 radical (unpaired) electrons. The Balaban J connectivity index is 1.86. The third-order valence-corrected chi connectivity index (χ3v) is 4.55. The maximum atomic E-state index is 5.70. The topological polar surface area (TPSA) is 61.9 Å². The van der Waals surface area contributed by atoms with Gasteiger partial charge < -0.3 is 18.6 Å². The van der Waals surface area contributed by atoms with Gasteiger partial charge in [0.05, 0.1) is 33.6 Å². The average Bonchev–Trinajstić information content (AvgIpc) is 2.98. The molecule has 8 heteroatoms. The van der Waals surface area contributed by atoms with E-state index in [2.05, 4.69) is 23.8 Å². The first kappa shape index (κ1) is 17.9. The van der Waals surface area contributed by atoms with Gasteiger partial charge in [0.2, 0.25) is 5.89 Å². The van der Waals surface area contributed by atoms with Crippen molar-refractivity contribution in [3.05, 3.63) is 23.0 Å². The maximum Gasteiger partial charge on any atom is 0.288 e. The fourth-order valence-electron chi connectivity index (χ4n) is 2.78. The van der Waals surface area contributed by atoms with E-state index in [0.717, 1.165) is 12.1 Å². The number of benzene rings is 1. The minimum Gasteiger partial charge on any atom is -0.497 e. The second-order valence-electron chi connectivity index (χ2n) is 6.18. The van der Waals surface area contributed by atoms with Crippen LogP contribution in [0, 0.1) is 4.84 Å². The highest BCUT2D eigenvalue weighted by atomic mass is 32.1. The van der Waals surface area contributed by atoms with Crippen molar-refractivity contribution in [2.24, 2.45) is 0 Å². The minimum absolute atomic E-state index is 0.194. The zero-order valence-corrected chi connectivity index (χ0v) is 15.7. The maximum absolute atomic E-state index is 5.70. The van der Waals surface area contributed by atoms with Gasteiger partial charge in [0.25, 0.3) is 4.84 Å². The molecule has 0 saturated carbocycles. The van der Waals surface area contributed by atoms with Crippen LogP contribution in [0.5, 0.6) is 11.5 Å². The van der Waals surface area contributed by atoms with E-state index in [1.54, 1.807) is 25.0 Å². The zero-order chi connectivity index (χ0) is 18.0. The molecule has 136 valence electrons. The first-order valence-corrected chi connectivity index (χ1v) is 8.58. The lowest BCUT2D eigenvalue weighted by molar-refractivity contribution is -0.0626.